The van der Waals surface area contributed by atoms with E-state index in [1.807, 2.05) is 54.6 Å². The number of fused-ring (bicyclic) bond motifs is 1. The summed E-state index contributed by atoms with van der Waals surface area (Å²) in [6.45, 7) is 2.04. The minimum Gasteiger partial charge on any atom is -0.497 e. The van der Waals surface area contributed by atoms with Crippen molar-refractivity contribution in [3.05, 3.63) is 95.7 Å². The molecule has 186 valence electrons. The van der Waals surface area contributed by atoms with E-state index in [4.69, 9.17) is 20.4 Å². The average molecular weight is 535 g/mol. The van der Waals surface area contributed by atoms with Crippen molar-refractivity contribution in [2.24, 2.45) is 5.73 Å². The van der Waals surface area contributed by atoms with Gasteiger partial charge in [0.05, 0.1) is 24.0 Å². The monoisotopic (exact) mass is 533 g/mol. The molecule has 0 aliphatic rings. The van der Waals surface area contributed by atoms with Crippen LogP contribution < -0.4 is 15.8 Å². The Morgan fingerprint density at radius 3 is 2.40 bits per heavy atom. The number of hydrogen-bond donors (Lipinski definition) is 2. The van der Waals surface area contributed by atoms with Gasteiger partial charge in [0.2, 0.25) is 0 Å². The van der Waals surface area contributed by atoms with E-state index >= 15 is 0 Å². The molecule has 0 amide bonds. The molecule has 0 radical (unpaired) electrons. The maximum Gasteiger partial charge on any atom is 0.152 e. The van der Waals surface area contributed by atoms with E-state index < -0.39 is 0 Å². The van der Waals surface area contributed by atoms with Crippen molar-refractivity contribution in [2.75, 3.05) is 26.7 Å². The Bertz CT molecular complexity index is 1190. The number of hydrogen-bond acceptors (Lipinski definition) is 6. The van der Waals surface area contributed by atoms with Crippen molar-refractivity contribution in [2.45, 2.75) is 5.92 Å². The third-order valence-electron chi connectivity index (χ3n) is 5.24. The molecule has 2 heterocycles. The third-order valence-corrected chi connectivity index (χ3v) is 5.24. The molecule has 0 aliphatic carbocycles. The van der Waals surface area contributed by atoms with Crippen LogP contribution in [0.3, 0.4) is 0 Å². The fraction of sp³-hybridized carbons (Fsp3) is 0.192. The second kappa shape index (κ2) is 15.3. The van der Waals surface area contributed by atoms with Crippen LogP contribution in [0.15, 0.2) is 72.9 Å². The lowest BCUT2D eigenvalue weighted by molar-refractivity contribution is 0.415. The first kappa shape index (κ1) is 30.3. The molecule has 1 unspecified atom stereocenters. The van der Waals surface area contributed by atoms with Crippen LogP contribution in [0, 0.1) is 0 Å². The smallest absolute Gasteiger partial charge is 0.152 e. The summed E-state index contributed by atoms with van der Waals surface area (Å²) in [6, 6.07) is 22.1. The van der Waals surface area contributed by atoms with E-state index in [2.05, 4.69) is 34.6 Å². The summed E-state index contributed by atoms with van der Waals surface area (Å²) in [4.78, 5) is 14.1. The van der Waals surface area contributed by atoms with E-state index in [-0.39, 0.29) is 43.1 Å². The quantitative estimate of drug-likeness (QED) is 0.289. The normalized spacial score (nSPS) is 11.3. The van der Waals surface area contributed by atoms with E-state index in [0.717, 1.165) is 34.6 Å². The molecule has 1 atom stereocenters. The Labute approximate surface area is 224 Å². The summed E-state index contributed by atoms with van der Waals surface area (Å²) >= 11 is 0. The SMILES string of the molecule is COc1ccc2nc(C=Cc3ccccn3)nc(C(CNCCN)c3ccccc3)c2c1.Cl.Cl.Cl. The Kier molecular flexibility index (Phi) is 13.2. The van der Waals surface area contributed by atoms with E-state index in [0.29, 0.717) is 18.9 Å². The summed E-state index contributed by atoms with van der Waals surface area (Å²) in [5.41, 5.74) is 9.58. The molecule has 0 fully saturated rings. The Morgan fingerprint density at radius 2 is 1.71 bits per heavy atom. The molecular weight excluding hydrogens is 505 g/mol. The number of rotatable bonds is 9. The van der Waals surface area contributed by atoms with E-state index in [1.165, 1.54) is 5.56 Å². The summed E-state index contributed by atoms with van der Waals surface area (Å²) < 4.78 is 5.49. The summed E-state index contributed by atoms with van der Waals surface area (Å²) in [5, 5.41) is 4.43. The number of aromatic nitrogens is 3. The fourth-order valence-electron chi connectivity index (χ4n) is 3.66. The average Bonchev–Trinajstić information content (AvgIpc) is 2.86. The standard InChI is InChI=1S/C26H27N5O.3ClH/c1-32-21-11-12-24-22(17-21)26(23(18-28-16-14-27)19-7-3-2-4-8-19)31-25(30-24)13-10-20-9-5-6-15-29-20;;;/h2-13,15,17,23,28H,14,16,18,27H2,1H3;3*1H. The lowest BCUT2D eigenvalue weighted by Gasteiger charge is -2.20. The van der Waals surface area contributed by atoms with Gasteiger partial charge < -0.3 is 15.8 Å². The lowest BCUT2D eigenvalue weighted by atomic mass is 9.92. The van der Waals surface area contributed by atoms with Gasteiger partial charge in [-0.2, -0.15) is 0 Å². The molecule has 4 aromatic rings. The maximum atomic E-state index is 5.72. The Morgan fingerprint density at radius 1 is 0.943 bits per heavy atom. The van der Waals surface area contributed by atoms with Crippen LogP contribution in [0.1, 0.15) is 28.7 Å². The van der Waals surface area contributed by atoms with Crippen molar-refractivity contribution in [3.63, 3.8) is 0 Å². The lowest BCUT2D eigenvalue weighted by Crippen LogP contribution is -2.28. The van der Waals surface area contributed by atoms with Crippen LogP contribution in [0.5, 0.6) is 5.75 Å². The highest BCUT2D eigenvalue weighted by Gasteiger charge is 2.20. The molecule has 3 N–H and O–H groups in total. The van der Waals surface area contributed by atoms with E-state index in [9.17, 15) is 0 Å². The van der Waals surface area contributed by atoms with Gasteiger partial charge in [-0.25, -0.2) is 9.97 Å². The van der Waals surface area contributed by atoms with Crippen LogP contribution in [-0.4, -0.2) is 41.7 Å². The number of halogens is 3. The molecule has 9 heteroatoms. The number of methoxy groups -OCH3 is 1. The van der Waals surface area contributed by atoms with Crippen LogP contribution in [0.25, 0.3) is 23.1 Å². The number of benzene rings is 2. The molecule has 2 aromatic heterocycles. The van der Waals surface area contributed by atoms with Crippen LogP contribution in [0.4, 0.5) is 0 Å². The molecule has 0 aliphatic heterocycles. The zero-order valence-electron chi connectivity index (χ0n) is 19.3. The van der Waals surface area contributed by atoms with Crippen LogP contribution in [-0.2, 0) is 0 Å². The number of nitrogens with one attached hydrogen (secondary N) is 1. The van der Waals surface area contributed by atoms with Gasteiger partial charge in [0.25, 0.3) is 0 Å². The predicted molar refractivity (Wildman–Crippen MR) is 151 cm³/mol. The van der Waals surface area contributed by atoms with Crippen molar-refractivity contribution in [3.8, 4) is 5.75 Å². The highest BCUT2D eigenvalue weighted by Crippen LogP contribution is 2.31. The number of nitrogens with two attached hydrogens (primary N) is 1. The van der Waals surface area contributed by atoms with Crippen molar-refractivity contribution in [1.29, 1.82) is 0 Å². The molecule has 2 aromatic carbocycles. The zero-order chi connectivity index (χ0) is 22.2. The molecule has 4 rings (SSSR count). The molecule has 0 saturated heterocycles. The summed E-state index contributed by atoms with van der Waals surface area (Å²) in [7, 11) is 1.67. The maximum absolute atomic E-state index is 5.72. The number of ether oxygens (including phenoxy) is 1. The van der Waals surface area contributed by atoms with Crippen molar-refractivity contribution in [1.82, 2.24) is 20.3 Å². The Balaban J connectivity index is 0.00000204. The van der Waals surface area contributed by atoms with Gasteiger partial charge in [0.1, 0.15) is 5.75 Å². The molecule has 0 saturated carbocycles. The minimum atomic E-state index is 0. The van der Waals surface area contributed by atoms with Crippen molar-refractivity contribution < 1.29 is 4.74 Å². The van der Waals surface area contributed by atoms with Crippen molar-refractivity contribution >= 4 is 60.3 Å². The fourth-order valence-corrected chi connectivity index (χ4v) is 3.66. The summed E-state index contributed by atoms with van der Waals surface area (Å²) in [6.07, 6.45) is 5.61. The zero-order valence-corrected chi connectivity index (χ0v) is 21.8. The van der Waals surface area contributed by atoms with Gasteiger partial charge in [0, 0.05) is 37.1 Å². The van der Waals surface area contributed by atoms with Gasteiger partial charge in [-0.3, -0.25) is 4.98 Å². The van der Waals surface area contributed by atoms with Crippen LogP contribution in [0.2, 0.25) is 0 Å². The first-order valence-electron chi connectivity index (χ1n) is 10.7. The third kappa shape index (κ3) is 7.88. The first-order valence-corrected chi connectivity index (χ1v) is 10.7. The first-order chi connectivity index (χ1) is 15.8. The molecular formula is C26H30Cl3N5O. The second-order valence-corrected chi connectivity index (χ2v) is 7.39. The van der Waals surface area contributed by atoms with Gasteiger partial charge in [-0.15, -0.1) is 37.2 Å². The molecule has 35 heavy (non-hydrogen) atoms. The van der Waals surface area contributed by atoms with Gasteiger partial charge in [-0.1, -0.05) is 36.4 Å². The number of nitrogens with zero attached hydrogens (tertiary/aromatic N) is 3. The topological polar surface area (TPSA) is 86.0 Å². The van der Waals surface area contributed by atoms with Gasteiger partial charge >= 0.3 is 0 Å². The molecule has 0 bridgehead atoms. The second-order valence-electron chi connectivity index (χ2n) is 7.39. The predicted octanol–water partition coefficient (Wildman–Crippen LogP) is 5.15. The Hall–Kier alpha value is -2.74. The van der Waals surface area contributed by atoms with Gasteiger partial charge in [0.15, 0.2) is 5.82 Å². The molecule has 6 nitrogen and oxygen atoms in total. The minimum absolute atomic E-state index is 0. The highest BCUT2D eigenvalue weighted by molar-refractivity contribution is 5.86. The van der Waals surface area contributed by atoms with Crippen LogP contribution >= 0.6 is 37.2 Å². The number of pyridine rings is 1. The molecule has 0 spiro atoms. The van der Waals surface area contributed by atoms with Gasteiger partial charge in [-0.05, 0) is 48.0 Å². The highest BCUT2D eigenvalue weighted by atomic mass is 35.5. The summed E-state index contributed by atoms with van der Waals surface area (Å²) in [5.74, 6) is 1.45. The van der Waals surface area contributed by atoms with E-state index in [1.54, 1.807) is 13.3 Å². The largest absolute Gasteiger partial charge is 0.497 e.